The molecule has 0 unspecified atom stereocenters. The number of benzene rings is 1. The molecule has 2 N–H and O–H groups in total. The zero-order valence-electron chi connectivity index (χ0n) is 16.0. The first-order valence-corrected chi connectivity index (χ1v) is 9.20. The number of fused-ring (bicyclic) bond motifs is 1. The fourth-order valence-electron chi connectivity index (χ4n) is 3.04. The Morgan fingerprint density at radius 2 is 1.96 bits per heavy atom. The number of likely N-dealkylation sites (tertiary alicyclic amines) is 1. The van der Waals surface area contributed by atoms with Gasteiger partial charge in [-0.1, -0.05) is 6.07 Å². The normalized spacial score (nSPS) is 15.4. The van der Waals surface area contributed by atoms with Gasteiger partial charge in [-0.25, -0.2) is 9.59 Å². The predicted molar refractivity (Wildman–Crippen MR) is 109 cm³/mol. The highest BCUT2D eigenvalue weighted by atomic mass is 16.6. The van der Waals surface area contributed by atoms with Crippen LogP contribution in [0.5, 0.6) is 0 Å². The Kier molecular flexibility index (Phi) is 5.48. The molecule has 1 aromatic heterocycles. The van der Waals surface area contributed by atoms with E-state index in [1.54, 1.807) is 11.1 Å². The lowest BCUT2D eigenvalue weighted by Crippen LogP contribution is -2.48. The molecule has 7 nitrogen and oxygen atoms in total. The lowest BCUT2D eigenvalue weighted by atomic mass is 10.1. The molecule has 1 aliphatic rings. The SMILES string of the molecule is CC(C)(C)OC(=O)N1CCC(NC(=O)Nc2ccc3ncccc3c2)CC1.[HH].[HH]. The molecule has 1 fully saturated rings. The van der Waals surface area contributed by atoms with Crippen molar-refractivity contribution in [3.8, 4) is 0 Å². The number of rotatable bonds is 2. The summed E-state index contributed by atoms with van der Waals surface area (Å²) in [7, 11) is 0. The number of carbonyl (C=O) groups excluding carboxylic acids is 2. The molecule has 148 valence electrons. The van der Waals surface area contributed by atoms with E-state index in [9.17, 15) is 9.59 Å². The number of hydrogen-bond acceptors (Lipinski definition) is 4. The van der Waals surface area contributed by atoms with Gasteiger partial charge in [0.1, 0.15) is 5.60 Å². The number of urea groups is 1. The van der Waals surface area contributed by atoms with Crippen LogP contribution in [0, 0.1) is 0 Å². The first kappa shape index (κ1) is 18.9. The molecule has 7 heteroatoms. The fourth-order valence-corrected chi connectivity index (χ4v) is 3.04. The van der Waals surface area contributed by atoms with Gasteiger partial charge in [0.05, 0.1) is 5.52 Å². The van der Waals surface area contributed by atoms with Crippen LogP contribution in [-0.2, 0) is 4.74 Å². The summed E-state index contributed by atoms with van der Waals surface area (Å²) in [6, 6.07) is 9.22. The van der Waals surface area contributed by atoms with Crippen LogP contribution in [0.4, 0.5) is 15.3 Å². The van der Waals surface area contributed by atoms with Crippen LogP contribution in [-0.4, -0.2) is 46.7 Å². The summed E-state index contributed by atoms with van der Waals surface area (Å²) in [5.74, 6) is 0. The maximum Gasteiger partial charge on any atom is 0.410 e. The first-order chi connectivity index (χ1) is 12.8. The lowest BCUT2D eigenvalue weighted by molar-refractivity contribution is 0.0202. The van der Waals surface area contributed by atoms with Gasteiger partial charge in [-0.2, -0.15) is 0 Å². The second kappa shape index (κ2) is 7.82. The van der Waals surface area contributed by atoms with E-state index in [0.717, 1.165) is 16.6 Å². The van der Waals surface area contributed by atoms with E-state index in [1.165, 1.54) is 0 Å². The van der Waals surface area contributed by atoms with Gasteiger partial charge >= 0.3 is 12.1 Å². The number of nitrogens with zero attached hydrogens (tertiary/aromatic N) is 2. The van der Waals surface area contributed by atoms with Crippen LogP contribution < -0.4 is 10.6 Å². The number of anilines is 1. The Bertz CT molecular complexity index is 834. The molecule has 0 atom stereocenters. The third-order valence-corrected chi connectivity index (χ3v) is 4.34. The minimum Gasteiger partial charge on any atom is -0.444 e. The van der Waals surface area contributed by atoms with Gasteiger partial charge in [0, 0.05) is 39.3 Å². The average molecular weight is 374 g/mol. The Morgan fingerprint density at radius 1 is 1.22 bits per heavy atom. The van der Waals surface area contributed by atoms with E-state index in [0.29, 0.717) is 25.9 Å². The molecule has 0 saturated carbocycles. The van der Waals surface area contributed by atoms with Crippen LogP contribution in [0.15, 0.2) is 36.5 Å². The van der Waals surface area contributed by atoms with Crippen molar-refractivity contribution in [3.05, 3.63) is 36.5 Å². The standard InChI is InChI=1S/C20H26N4O3.2H2/c1-20(2,3)27-19(26)24-11-8-15(9-12-24)22-18(25)23-16-6-7-17-14(13-16)5-4-10-21-17;;/h4-7,10,13,15H,8-9,11-12H2,1-3H3,(H2,22,23,25);2*1H. The fraction of sp³-hybridized carbons (Fsp3) is 0.450. The molecule has 1 saturated heterocycles. The van der Waals surface area contributed by atoms with Crippen LogP contribution in [0.1, 0.15) is 36.5 Å². The summed E-state index contributed by atoms with van der Waals surface area (Å²) >= 11 is 0. The Morgan fingerprint density at radius 3 is 2.67 bits per heavy atom. The molecule has 0 bridgehead atoms. The number of nitrogens with one attached hydrogen (secondary N) is 2. The van der Waals surface area contributed by atoms with Crippen molar-refractivity contribution in [1.29, 1.82) is 0 Å². The minimum atomic E-state index is -0.499. The highest BCUT2D eigenvalue weighted by Gasteiger charge is 2.27. The molecular formula is C20H30N4O3. The summed E-state index contributed by atoms with van der Waals surface area (Å²) in [5.41, 5.74) is 1.11. The van der Waals surface area contributed by atoms with Crippen LogP contribution in [0.3, 0.4) is 0 Å². The van der Waals surface area contributed by atoms with E-state index in [2.05, 4.69) is 15.6 Å². The highest BCUT2D eigenvalue weighted by molar-refractivity contribution is 5.92. The van der Waals surface area contributed by atoms with Crippen molar-refractivity contribution >= 4 is 28.7 Å². The van der Waals surface area contributed by atoms with E-state index in [-0.39, 0.29) is 21.0 Å². The number of amides is 3. The van der Waals surface area contributed by atoms with Gasteiger partial charge in [0.15, 0.2) is 0 Å². The number of carbonyl (C=O) groups is 2. The summed E-state index contributed by atoms with van der Waals surface area (Å²) in [6.45, 7) is 6.70. The summed E-state index contributed by atoms with van der Waals surface area (Å²) in [5, 5.41) is 6.82. The van der Waals surface area contributed by atoms with Crippen molar-refractivity contribution in [3.63, 3.8) is 0 Å². The smallest absolute Gasteiger partial charge is 0.410 e. The lowest BCUT2D eigenvalue weighted by Gasteiger charge is -2.33. The second-order valence-electron chi connectivity index (χ2n) is 7.75. The second-order valence-corrected chi connectivity index (χ2v) is 7.75. The molecule has 3 rings (SSSR count). The first-order valence-electron chi connectivity index (χ1n) is 9.20. The third-order valence-electron chi connectivity index (χ3n) is 4.34. The van der Waals surface area contributed by atoms with Gasteiger partial charge in [-0.05, 0) is 57.9 Å². The minimum absolute atomic E-state index is 0. The predicted octanol–water partition coefficient (Wildman–Crippen LogP) is 4.25. The van der Waals surface area contributed by atoms with Gasteiger partial charge in [-0.3, -0.25) is 4.98 Å². The van der Waals surface area contributed by atoms with Crippen molar-refractivity contribution < 1.29 is 17.2 Å². The zero-order chi connectivity index (χ0) is 19.4. The molecule has 3 amide bonds. The molecule has 27 heavy (non-hydrogen) atoms. The largest absolute Gasteiger partial charge is 0.444 e. The quantitative estimate of drug-likeness (QED) is 0.823. The molecule has 2 heterocycles. The Hall–Kier alpha value is -2.83. The van der Waals surface area contributed by atoms with Gasteiger partial charge < -0.3 is 20.3 Å². The van der Waals surface area contributed by atoms with Crippen molar-refractivity contribution in [1.82, 2.24) is 15.2 Å². The molecule has 2 aromatic rings. The van der Waals surface area contributed by atoms with Crippen LogP contribution in [0.25, 0.3) is 10.9 Å². The Balaban J connectivity index is 0.00000210. The van der Waals surface area contributed by atoms with Crippen molar-refractivity contribution in [2.75, 3.05) is 18.4 Å². The van der Waals surface area contributed by atoms with Crippen molar-refractivity contribution in [2.24, 2.45) is 0 Å². The number of ether oxygens (including phenoxy) is 1. The highest BCUT2D eigenvalue weighted by Crippen LogP contribution is 2.18. The number of aromatic nitrogens is 1. The van der Waals surface area contributed by atoms with Gasteiger partial charge in [-0.15, -0.1) is 0 Å². The molecule has 1 aromatic carbocycles. The maximum absolute atomic E-state index is 12.3. The molecule has 0 spiro atoms. The number of piperidine rings is 1. The topological polar surface area (TPSA) is 83.6 Å². The van der Waals surface area contributed by atoms with Crippen LogP contribution in [0.2, 0.25) is 0 Å². The van der Waals surface area contributed by atoms with Gasteiger partial charge in [0.2, 0.25) is 0 Å². The van der Waals surface area contributed by atoms with Crippen LogP contribution >= 0.6 is 0 Å². The molecular weight excluding hydrogens is 344 g/mol. The van der Waals surface area contributed by atoms with E-state index in [1.807, 2.05) is 51.1 Å². The van der Waals surface area contributed by atoms with E-state index >= 15 is 0 Å². The monoisotopic (exact) mass is 374 g/mol. The average Bonchev–Trinajstić information content (AvgIpc) is 2.60. The zero-order valence-corrected chi connectivity index (χ0v) is 16.0. The van der Waals surface area contributed by atoms with E-state index < -0.39 is 5.60 Å². The third kappa shape index (κ3) is 5.32. The number of pyridine rings is 1. The maximum atomic E-state index is 12.3. The summed E-state index contributed by atoms with van der Waals surface area (Å²) < 4.78 is 5.39. The Labute approximate surface area is 162 Å². The molecule has 0 aliphatic carbocycles. The molecule has 0 radical (unpaired) electrons. The van der Waals surface area contributed by atoms with Crippen molar-refractivity contribution in [2.45, 2.75) is 45.3 Å². The van der Waals surface area contributed by atoms with E-state index in [4.69, 9.17) is 4.74 Å². The summed E-state index contributed by atoms with van der Waals surface area (Å²) in [4.78, 5) is 30.3. The molecule has 1 aliphatic heterocycles. The summed E-state index contributed by atoms with van der Waals surface area (Å²) in [6.07, 6.45) is 2.85. The van der Waals surface area contributed by atoms with Gasteiger partial charge in [0.25, 0.3) is 0 Å². The number of hydrogen-bond donors (Lipinski definition) is 2.